The van der Waals surface area contributed by atoms with E-state index in [0.717, 1.165) is 39.1 Å². The molecule has 0 aromatic heterocycles. The molecular formula is C13H28N2O2. The second kappa shape index (κ2) is 8.03. The molecule has 1 aliphatic heterocycles. The molecule has 1 saturated heterocycles. The van der Waals surface area contributed by atoms with Gasteiger partial charge in [-0.25, -0.2) is 0 Å². The van der Waals surface area contributed by atoms with Gasteiger partial charge in [-0.05, 0) is 20.3 Å². The van der Waals surface area contributed by atoms with Crippen molar-refractivity contribution in [2.45, 2.75) is 51.8 Å². The first-order chi connectivity index (χ1) is 8.13. The monoisotopic (exact) mass is 244 g/mol. The maximum atomic E-state index is 9.92. The Hall–Kier alpha value is -0.160. The quantitative estimate of drug-likeness (QED) is 0.652. The normalized spacial score (nSPS) is 28.2. The van der Waals surface area contributed by atoms with Gasteiger partial charge in [0.2, 0.25) is 0 Å². The number of nitrogens with zero attached hydrogens (tertiary/aromatic N) is 1. The second-order valence-electron chi connectivity index (χ2n) is 5.19. The van der Waals surface area contributed by atoms with Gasteiger partial charge in [-0.15, -0.1) is 0 Å². The molecule has 0 bridgehead atoms. The Bertz CT molecular complexity index is 202. The average Bonchev–Trinajstić information content (AvgIpc) is 2.29. The molecule has 2 N–H and O–H groups in total. The van der Waals surface area contributed by atoms with Crippen LogP contribution in [0.25, 0.3) is 0 Å². The number of aliphatic hydroxyl groups is 1. The minimum Gasteiger partial charge on any atom is -0.389 e. The molecule has 0 aromatic rings. The van der Waals surface area contributed by atoms with Crippen LogP contribution < -0.4 is 5.32 Å². The molecule has 0 aromatic carbocycles. The molecule has 3 unspecified atom stereocenters. The van der Waals surface area contributed by atoms with Crippen molar-refractivity contribution in [2.24, 2.45) is 0 Å². The van der Waals surface area contributed by atoms with Crippen molar-refractivity contribution < 1.29 is 9.84 Å². The standard InChI is InChI=1S/C13H28N2O2/c1-4-5-6-17-10-13(16)9-15-8-11(2)14-7-12(15)3/h11-14,16H,4-10H2,1-3H3. The smallest absolute Gasteiger partial charge is 0.0900 e. The third-order valence-electron chi connectivity index (χ3n) is 3.29. The highest BCUT2D eigenvalue weighted by molar-refractivity contribution is 4.82. The minimum absolute atomic E-state index is 0.361. The van der Waals surface area contributed by atoms with Crippen molar-refractivity contribution in [2.75, 3.05) is 32.8 Å². The molecule has 102 valence electrons. The fraction of sp³-hybridized carbons (Fsp3) is 1.00. The maximum Gasteiger partial charge on any atom is 0.0900 e. The number of ether oxygens (including phenoxy) is 1. The van der Waals surface area contributed by atoms with Crippen LogP contribution in [0.5, 0.6) is 0 Å². The molecule has 4 nitrogen and oxygen atoms in total. The van der Waals surface area contributed by atoms with Crippen molar-refractivity contribution in [3.8, 4) is 0 Å². The highest BCUT2D eigenvalue weighted by Crippen LogP contribution is 2.07. The zero-order chi connectivity index (χ0) is 12.7. The first kappa shape index (κ1) is 14.9. The molecule has 1 rings (SSSR count). The number of piperazine rings is 1. The molecule has 0 amide bonds. The fourth-order valence-electron chi connectivity index (χ4n) is 2.14. The van der Waals surface area contributed by atoms with Crippen molar-refractivity contribution in [3.63, 3.8) is 0 Å². The van der Waals surface area contributed by atoms with E-state index < -0.39 is 0 Å². The molecule has 17 heavy (non-hydrogen) atoms. The van der Waals surface area contributed by atoms with E-state index in [1.165, 1.54) is 0 Å². The Morgan fingerprint density at radius 3 is 2.94 bits per heavy atom. The first-order valence-electron chi connectivity index (χ1n) is 6.86. The molecule has 0 saturated carbocycles. The summed E-state index contributed by atoms with van der Waals surface area (Å²) in [4.78, 5) is 2.34. The lowest BCUT2D eigenvalue weighted by atomic mass is 10.1. The molecule has 0 spiro atoms. The van der Waals surface area contributed by atoms with Crippen LogP contribution in [0, 0.1) is 0 Å². The number of β-amino-alcohol motifs (C(OH)–C–C–N with tert-alkyl or cyclic N) is 1. The van der Waals surface area contributed by atoms with Crippen LogP contribution in [0.2, 0.25) is 0 Å². The lowest BCUT2D eigenvalue weighted by Gasteiger charge is -2.38. The van der Waals surface area contributed by atoms with Gasteiger partial charge in [-0.1, -0.05) is 13.3 Å². The van der Waals surface area contributed by atoms with E-state index in [0.29, 0.717) is 18.7 Å². The molecule has 3 atom stereocenters. The maximum absolute atomic E-state index is 9.92. The molecule has 0 aliphatic carbocycles. The number of nitrogens with one attached hydrogen (secondary N) is 1. The van der Waals surface area contributed by atoms with Crippen molar-refractivity contribution in [1.29, 1.82) is 0 Å². The van der Waals surface area contributed by atoms with E-state index in [9.17, 15) is 5.11 Å². The van der Waals surface area contributed by atoms with Gasteiger partial charge in [-0.2, -0.15) is 0 Å². The van der Waals surface area contributed by atoms with Gasteiger partial charge in [0, 0.05) is 38.3 Å². The lowest BCUT2D eigenvalue weighted by Crippen LogP contribution is -2.56. The van der Waals surface area contributed by atoms with Crippen molar-refractivity contribution >= 4 is 0 Å². The van der Waals surface area contributed by atoms with Gasteiger partial charge in [-0.3, -0.25) is 4.90 Å². The van der Waals surface area contributed by atoms with Gasteiger partial charge >= 0.3 is 0 Å². The Labute approximate surface area is 105 Å². The number of unbranched alkanes of at least 4 members (excludes halogenated alkanes) is 1. The van der Waals surface area contributed by atoms with Crippen LogP contribution >= 0.6 is 0 Å². The molecule has 1 fully saturated rings. The average molecular weight is 244 g/mol. The van der Waals surface area contributed by atoms with Gasteiger partial charge in [0.05, 0.1) is 12.7 Å². The fourth-order valence-corrected chi connectivity index (χ4v) is 2.14. The summed E-state index contributed by atoms with van der Waals surface area (Å²) in [6, 6.07) is 1.01. The third-order valence-corrected chi connectivity index (χ3v) is 3.29. The molecule has 1 aliphatic rings. The number of hydrogen-bond acceptors (Lipinski definition) is 4. The zero-order valence-corrected chi connectivity index (χ0v) is 11.5. The molecular weight excluding hydrogens is 216 g/mol. The summed E-state index contributed by atoms with van der Waals surface area (Å²) in [7, 11) is 0. The van der Waals surface area contributed by atoms with Crippen LogP contribution in [-0.4, -0.2) is 61.0 Å². The van der Waals surface area contributed by atoms with Gasteiger partial charge in [0.25, 0.3) is 0 Å². The van der Waals surface area contributed by atoms with E-state index in [4.69, 9.17) is 4.74 Å². The van der Waals surface area contributed by atoms with E-state index in [1.54, 1.807) is 0 Å². The SMILES string of the molecule is CCCCOCC(O)CN1CC(C)NCC1C. The topological polar surface area (TPSA) is 44.7 Å². The Kier molecular flexibility index (Phi) is 7.04. The molecule has 0 radical (unpaired) electrons. The van der Waals surface area contributed by atoms with Crippen molar-refractivity contribution in [3.05, 3.63) is 0 Å². The highest BCUT2D eigenvalue weighted by atomic mass is 16.5. The van der Waals surface area contributed by atoms with Crippen molar-refractivity contribution in [1.82, 2.24) is 10.2 Å². The summed E-state index contributed by atoms with van der Waals surface area (Å²) in [5.41, 5.74) is 0. The van der Waals surface area contributed by atoms with Crippen LogP contribution in [0.3, 0.4) is 0 Å². The number of rotatable bonds is 7. The van der Waals surface area contributed by atoms with Crippen LogP contribution in [0.15, 0.2) is 0 Å². The Morgan fingerprint density at radius 1 is 1.47 bits per heavy atom. The summed E-state index contributed by atoms with van der Waals surface area (Å²) in [6.45, 7) is 10.5. The summed E-state index contributed by atoms with van der Waals surface area (Å²) in [5, 5.41) is 13.4. The minimum atomic E-state index is -0.361. The third kappa shape index (κ3) is 5.82. The van der Waals surface area contributed by atoms with E-state index in [1.807, 2.05) is 0 Å². The molecule has 1 heterocycles. The van der Waals surface area contributed by atoms with Gasteiger partial charge in [0.15, 0.2) is 0 Å². The summed E-state index contributed by atoms with van der Waals surface area (Å²) < 4.78 is 5.45. The van der Waals surface area contributed by atoms with E-state index >= 15 is 0 Å². The second-order valence-corrected chi connectivity index (χ2v) is 5.19. The predicted molar refractivity (Wildman–Crippen MR) is 70.2 cm³/mol. The van der Waals surface area contributed by atoms with Gasteiger partial charge < -0.3 is 15.2 Å². The Morgan fingerprint density at radius 2 is 2.24 bits per heavy atom. The highest BCUT2D eigenvalue weighted by Gasteiger charge is 2.23. The number of hydrogen-bond donors (Lipinski definition) is 2. The largest absolute Gasteiger partial charge is 0.389 e. The predicted octanol–water partition coefficient (Wildman–Crippen LogP) is 0.846. The van der Waals surface area contributed by atoms with Crippen LogP contribution in [0.1, 0.15) is 33.6 Å². The van der Waals surface area contributed by atoms with Crippen LogP contribution in [0.4, 0.5) is 0 Å². The zero-order valence-electron chi connectivity index (χ0n) is 11.5. The summed E-state index contributed by atoms with van der Waals surface area (Å²) >= 11 is 0. The molecule has 4 heteroatoms. The summed E-state index contributed by atoms with van der Waals surface area (Å²) in [5.74, 6) is 0. The Balaban J connectivity index is 2.17. The van der Waals surface area contributed by atoms with E-state index in [-0.39, 0.29) is 6.10 Å². The van der Waals surface area contributed by atoms with Gasteiger partial charge in [0.1, 0.15) is 0 Å². The summed E-state index contributed by atoms with van der Waals surface area (Å²) in [6.07, 6.45) is 1.86. The first-order valence-corrected chi connectivity index (χ1v) is 6.86. The van der Waals surface area contributed by atoms with E-state index in [2.05, 4.69) is 31.0 Å². The number of aliphatic hydroxyl groups excluding tert-OH is 1. The lowest BCUT2D eigenvalue weighted by molar-refractivity contribution is 0.00216. The van der Waals surface area contributed by atoms with Crippen LogP contribution in [-0.2, 0) is 4.74 Å².